The summed E-state index contributed by atoms with van der Waals surface area (Å²) in [4.78, 5) is 30.5. The Hall–Kier alpha value is -4.21. The van der Waals surface area contributed by atoms with Crippen LogP contribution in [0.4, 0.5) is 5.69 Å². The number of carbonyl (C=O) groups is 1. The molecular weight excluding hydrogens is 388 g/mol. The molecule has 0 spiro atoms. The lowest BCUT2D eigenvalue weighted by atomic mass is 10.1. The molecule has 0 saturated carbocycles. The molecule has 0 saturated heterocycles. The molecule has 0 aliphatic carbocycles. The van der Waals surface area contributed by atoms with Crippen LogP contribution in [0.1, 0.15) is 29.0 Å². The first-order chi connectivity index (χ1) is 14.6. The molecule has 2 aromatic heterocycles. The van der Waals surface area contributed by atoms with E-state index in [2.05, 4.69) is 30.6 Å². The monoisotopic (exact) mass is 406 g/mol. The van der Waals surface area contributed by atoms with Crippen LogP contribution in [0.15, 0.2) is 57.8 Å². The van der Waals surface area contributed by atoms with Crippen molar-refractivity contribution in [1.82, 2.24) is 25.3 Å². The molecule has 0 radical (unpaired) electrons. The van der Waals surface area contributed by atoms with Gasteiger partial charge in [-0.3, -0.25) is 9.78 Å². The first-order valence-corrected chi connectivity index (χ1v) is 9.21. The fraction of sp³-hybridized carbons (Fsp3) is 0.150. The quantitative estimate of drug-likeness (QED) is 0.428. The van der Waals surface area contributed by atoms with Gasteiger partial charge in [-0.15, -0.1) is 0 Å². The minimum absolute atomic E-state index is 0.178. The second-order valence-corrected chi connectivity index (χ2v) is 6.33. The van der Waals surface area contributed by atoms with Crippen molar-refractivity contribution < 1.29 is 14.1 Å². The van der Waals surface area contributed by atoms with Gasteiger partial charge in [0.15, 0.2) is 12.4 Å². The molecule has 0 atom stereocenters. The number of hydrogen-bond acceptors (Lipinski definition) is 7. The van der Waals surface area contributed by atoms with Crippen molar-refractivity contribution in [3.63, 3.8) is 0 Å². The number of ether oxygens (including phenoxy) is 1. The van der Waals surface area contributed by atoms with E-state index in [1.165, 1.54) is 0 Å². The number of rotatable bonds is 7. The molecule has 2 aromatic carbocycles. The summed E-state index contributed by atoms with van der Waals surface area (Å²) < 4.78 is 10.6. The molecule has 4 aromatic rings. The predicted octanol–water partition coefficient (Wildman–Crippen LogP) is 2.54. The summed E-state index contributed by atoms with van der Waals surface area (Å²) in [6, 6.07) is 13.7. The van der Waals surface area contributed by atoms with Crippen molar-refractivity contribution in [2.75, 3.05) is 5.32 Å². The Balaban J connectivity index is 1.38. The van der Waals surface area contributed by atoms with Crippen LogP contribution in [0.3, 0.4) is 0 Å². The molecule has 30 heavy (non-hydrogen) atoms. The van der Waals surface area contributed by atoms with E-state index < -0.39 is 5.69 Å². The van der Waals surface area contributed by atoms with Crippen LogP contribution in [-0.4, -0.2) is 31.2 Å². The fourth-order valence-electron chi connectivity index (χ4n) is 2.70. The molecule has 10 nitrogen and oxygen atoms in total. The average Bonchev–Trinajstić information content (AvgIpc) is 3.41. The van der Waals surface area contributed by atoms with Gasteiger partial charge >= 0.3 is 5.69 Å². The molecule has 10 heteroatoms. The zero-order valence-corrected chi connectivity index (χ0v) is 16.0. The van der Waals surface area contributed by atoms with Crippen LogP contribution in [0.5, 0.6) is 5.75 Å². The first-order valence-electron chi connectivity index (χ1n) is 9.21. The van der Waals surface area contributed by atoms with E-state index in [9.17, 15) is 9.59 Å². The number of H-pyrrole nitrogens is 2. The van der Waals surface area contributed by atoms with E-state index in [0.717, 1.165) is 0 Å². The van der Waals surface area contributed by atoms with Gasteiger partial charge < -0.3 is 14.6 Å². The lowest BCUT2D eigenvalue weighted by Crippen LogP contribution is -2.11. The van der Waals surface area contributed by atoms with Gasteiger partial charge in [-0.25, -0.2) is 9.89 Å². The van der Waals surface area contributed by atoms with E-state index >= 15 is 0 Å². The topological polar surface area (TPSA) is 139 Å². The highest BCUT2D eigenvalue weighted by atomic mass is 16.5. The molecule has 0 fully saturated rings. The summed E-state index contributed by atoms with van der Waals surface area (Å²) in [6.45, 7) is 2.10. The Bertz CT molecular complexity index is 1210. The SMILES string of the molecule is CCc1nc(COc2ccc(C(=O)Nc3cccc(-c4n[nH]c(=O)[nH]4)c3)cc2)no1. The van der Waals surface area contributed by atoms with Crippen molar-refractivity contribution in [3.05, 3.63) is 76.3 Å². The van der Waals surface area contributed by atoms with Crippen LogP contribution in [0, 0.1) is 0 Å². The minimum atomic E-state index is -0.396. The van der Waals surface area contributed by atoms with Gasteiger partial charge in [0.2, 0.25) is 11.7 Å². The predicted molar refractivity (Wildman–Crippen MR) is 107 cm³/mol. The molecular formula is C20H18N6O4. The van der Waals surface area contributed by atoms with E-state index in [1.54, 1.807) is 48.5 Å². The summed E-state index contributed by atoms with van der Waals surface area (Å²) in [6.07, 6.45) is 0.666. The normalized spacial score (nSPS) is 10.7. The van der Waals surface area contributed by atoms with Gasteiger partial charge in [-0.05, 0) is 36.4 Å². The van der Waals surface area contributed by atoms with Crippen LogP contribution in [-0.2, 0) is 13.0 Å². The summed E-state index contributed by atoms with van der Waals surface area (Å²) in [7, 11) is 0. The summed E-state index contributed by atoms with van der Waals surface area (Å²) >= 11 is 0. The number of carbonyl (C=O) groups excluding carboxylic acids is 1. The minimum Gasteiger partial charge on any atom is -0.485 e. The standard InChI is InChI=1S/C20H18N6O4/c1-2-17-22-16(26-30-17)11-29-15-8-6-12(7-9-15)19(27)21-14-5-3-4-13(10-14)18-23-20(28)25-24-18/h3-10H,2,11H2,1H3,(H,21,27)(H2,23,24,25,28). The third-order valence-electron chi connectivity index (χ3n) is 4.19. The summed E-state index contributed by atoms with van der Waals surface area (Å²) in [5, 5.41) is 12.8. The fourth-order valence-corrected chi connectivity index (χ4v) is 2.70. The van der Waals surface area contributed by atoms with Gasteiger partial charge in [-0.2, -0.15) is 10.1 Å². The third kappa shape index (κ3) is 4.43. The number of benzene rings is 2. The number of nitrogens with one attached hydrogen (secondary N) is 3. The number of aromatic nitrogens is 5. The van der Waals surface area contributed by atoms with Gasteiger partial charge in [-0.1, -0.05) is 24.2 Å². The molecule has 0 aliphatic rings. The average molecular weight is 406 g/mol. The van der Waals surface area contributed by atoms with E-state index in [-0.39, 0.29) is 12.5 Å². The molecule has 0 unspecified atom stereocenters. The van der Waals surface area contributed by atoms with Crippen LogP contribution < -0.4 is 15.7 Å². The van der Waals surface area contributed by atoms with E-state index in [4.69, 9.17) is 9.26 Å². The second kappa shape index (κ2) is 8.43. The van der Waals surface area contributed by atoms with Crippen LogP contribution in [0.2, 0.25) is 0 Å². The van der Waals surface area contributed by atoms with E-state index in [0.29, 0.717) is 46.5 Å². The lowest BCUT2D eigenvalue weighted by Gasteiger charge is -2.08. The largest absolute Gasteiger partial charge is 0.485 e. The number of nitrogens with zero attached hydrogens (tertiary/aromatic N) is 3. The maximum atomic E-state index is 12.5. The highest BCUT2D eigenvalue weighted by molar-refractivity contribution is 6.04. The first kappa shape index (κ1) is 19.1. The van der Waals surface area contributed by atoms with Gasteiger partial charge in [0.25, 0.3) is 5.91 Å². The summed E-state index contributed by atoms with van der Waals surface area (Å²) in [5.74, 6) is 1.72. The number of amides is 1. The number of aromatic amines is 2. The van der Waals surface area contributed by atoms with Crippen molar-refractivity contribution >= 4 is 11.6 Å². The molecule has 1 amide bonds. The smallest absolute Gasteiger partial charge is 0.340 e. The Morgan fingerprint density at radius 3 is 2.73 bits per heavy atom. The van der Waals surface area contributed by atoms with Crippen molar-refractivity contribution in [2.45, 2.75) is 20.0 Å². The zero-order valence-electron chi connectivity index (χ0n) is 16.0. The van der Waals surface area contributed by atoms with Gasteiger partial charge in [0, 0.05) is 23.2 Å². The molecule has 3 N–H and O–H groups in total. The molecule has 2 heterocycles. The Morgan fingerprint density at radius 2 is 2.03 bits per heavy atom. The maximum absolute atomic E-state index is 12.5. The zero-order chi connectivity index (χ0) is 20.9. The van der Waals surface area contributed by atoms with Crippen molar-refractivity contribution in [2.24, 2.45) is 0 Å². The van der Waals surface area contributed by atoms with Crippen molar-refractivity contribution in [3.8, 4) is 17.1 Å². The summed E-state index contributed by atoms with van der Waals surface area (Å²) in [5.41, 5.74) is 1.31. The molecule has 152 valence electrons. The van der Waals surface area contributed by atoms with Crippen LogP contribution in [0.25, 0.3) is 11.4 Å². The maximum Gasteiger partial charge on any atom is 0.340 e. The van der Waals surface area contributed by atoms with Gasteiger partial charge in [0.1, 0.15) is 5.75 Å². The highest BCUT2D eigenvalue weighted by Crippen LogP contribution is 2.20. The lowest BCUT2D eigenvalue weighted by molar-refractivity contribution is 0.102. The van der Waals surface area contributed by atoms with Crippen molar-refractivity contribution in [1.29, 1.82) is 0 Å². The van der Waals surface area contributed by atoms with E-state index in [1.807, 2.05) is 6.92 Å². The Labute approximate surface area is 170 Å². The highest BCUT2D eigenvalue weighted by Gasteiger charge is 2.10. The molecule has 0 aliphatic heterocycles. The number of anilines is 1. The second-order valence-electron chi connectivity index (χ2n) is 6.33. The Kier molecular flexibility index (Phi) is 5.37. The third-order valence-corrected chi connectivity index (χ3v) is 4.19. The number of hydrogen-bond donors (Lipinski definition) is 3. The Morgan fingerprint density at radius 1 is 1.20 bits per heavy atom. The van der Waals surface area contributed by atoms with Crippen LogP contribution >= 0.6 is 0 Å². The number of aryl methyl sites for hydroxylation is 1. The molecule has 4 rings (SSSR count). The molecule has 0 bridgehead atoms. The van der Waals surface area contributed by atoms with Gasteiger partial charge in [0.05, 0.1) is 0 Å².